The summed E-state index contributed by atoms with van der Waals surface area (Å²) < 4.78 is 5.70. The zero-order valence-electron chi connectivity index (χ0n) is 15.1. The molecule has 4 heteroatoms. The molecule has 0 fully saturated rings. The highest BCUT2D eigenvalue weighted by Crippen LogP contribution is 2.40. The van der Waals surface area contributed by atoms with E-state index in [2.05, 4.69) is 36.3 Å². The highest BCUT2D eigenvalue weighted by molar-refractivity contribution is 6.30. The molecule has 0 saturated heterocycles. The highest BCUT2D eigenvalue weighted by Gasteiger charge is 2.28. The highest BCUT2D eigenvalue weighted by atomic mass is 35.5. The van der Waals surface area contributed by atoms with Crippen molar-refractivity contribution in [2.24, 2.45) is 0 Å². The van der Waals surface area contributed by atoms with Gasteiger partial charge in [0.2, 0.25) is 0 Å². The van der Waals surface area contributed by atoms with Crippen LogP contribution in [-0.2, 0) is 6.42 Å². The Morgan fingerprint density at radius 3 is 2.64 bits per heavy atom. The van der Waals surface area contributed by atoms with Crippen molar-refractivity contribution in [3.8, 4) is 5.75 Å². The summed E-state index contributed by atoms with van der Waals surface area (Å²) in [5, 5.41) is 5.75. The van der Waals surface area contributed by atoms with Crippen LogP contribution in [0.4, 0.5) is 0 Å². The monoisotopic (exact) mass is 354 g/mol. The summed E-state index contributed by atoms with van der Waals surface area (Å²) in [7, 11) is 1.72. The molecule has 4 rings (SSSR count). The zero-order chi connectivity index (χ0) is 17.7. The molecule has 0 radical (unpaired) electrons. The van der Waals surface area contributed by atoms with E-state index >= 15 is 0 Å². The number of rotatable bonds is 2. The first-order valence-electron chi connectivity index (χ1n) is 8.68. The van der Waals surface area contributed by atoms with E-state index in [9.17, 15) is 0 Å². The van der Waals surface area contributed by atoms with Crippen molar-refractivity contribution in [1.82, 2.24) is 10.3 Å². The Kier molecular flexibility index (Phi) is 4.01. The molecule has 2 N–H and O–H groups in total. The van der Waals surface area contributed by atoms with Gasteiger partial charge in [-0.1, -0.05) is 17.7 Å². The van der Waals surface area contributed by atoms with Crippen molar-refractivity contribution >= 4 is 22.5 Å². The van der Waals surface area contributed by atoms with Crippen LogP contribution < -0.4 is 10.1 Å². The molecule has 3 aromatic rings. The number of ether oxygens (including phenoxy) is 1. The maximum absolute atomic E-state index is 6.36. The molecule has 130 valence electrons. The Balaban J connectivity index is 1.96. The largest absolute Gasteiger partial charge is 0.496 e. The number of hydrogen-bond acceptors (Lipinski definition) is 2. The molecule has 0 bridgehead atoms. The molecule has 1 aromatic heterocycles. The Hall–Kier alpha value is -1.97. The van der Waals surface area contributed by atoms with Gasteiger partial charge < -0.3 is 15.0 Å². The van der Waals surface area contributed by atoms with E-state index in [4.69, 9.17) is 16.3 Å². The van der Waals surface area contributed by atoms with E-state index < -0.39 is 0 Å². The lowest BCUT2D eigenvalue weighted by atomic mass is 9.91. The van der Waals surface area contributed by atoms with Crippen LogP contribution in [0.25, 0.3) is 10.9 Å². The van der Waals surface area contributed by atoms with Crippen molar-refractivity contribution < 1.29 is 4.74 Å². The van der Waals surface area contributed by atoms with Crippen LogP contribution in [0.5, 0.6) is 5.75 Å². The van der Waals surface area contributed by atoms with E-state index in [0.717, 1.165) is 34.9 Å². The Labute approximate surface area is 153 Å². The van der Waals surface area contributed by atoms with Gasteiger partial charge in [-0.15, -0.1) is 0 Å². The summed E-state index contributed by atoms with van der Waals surface area (Å²) >= 11 is 6.36. The second-order valence-corrected chi connectivity index (χ2v) is 7.44. The van der Waals surface area contributed by atoms with Gasteiger partial charge in [0.25, 0.3) is 0 Å². The predicted molar refractivity (Wildman–Crippen MR) is 104 cm³/mol. The number of aromatic nitrogens is 1. The summed E-state index contributed by atoms with van der Waals surface area (Å²) in [5.41, 5.74) is 8.63. The van der Waals surface area contributed by atoms with Crippen LogP contribution in [0, 0.1) is 20.8 Å². The van der Waals surface area contributed by atoms with Gasteiger partial charge in [0, 0.05) is 33.7 Å². The lowest BCUT2D eigenvalue weighted by molar-refractivity contribution is 0.399. The zero-order valence-corrected chi connectivity index (χ0v) is 15.8. The van der Waals surface area contributed by atoms with Crippen molar-refractivity contribution in [3.05, 3.63) is 62.8 Å². The molecule has 1 aliphatic rings. The number of fused-ring (bicyclic) bond motifs is 3. The summed E-state index contributed by atoms with van der Waals surface area (Å²) in [6.45, 7) is 7.32. The second kappa shape index (κ2) is 6.08. The third-order valence-electron chi connectivity index (χ3n) is 5.17. The predicted octanol–water partition coefficient (Wildman–Crippen LogP) is 4.99. The standard InChI is InChI=1S/C21H23ClN2O/c1-11-7-12(2)18-15-5-6-23-19(20(15)24-17(18)8-11)16-10-14(22)9-13(3)21(16)25-4/h7-10,19,23-24H,5-6H2,1-4H3. The van der Waals surface area contributed by atoms with E-state index in [1.807, 2.05) is 19.1 Å². The minimum Gasteiger partial charge on any atom is -0.496 e. The number of hydrogen-bond donors (Lipinski definition) is 2. The fourth-order valence-corrected chi connectivity index (χ4v) is 4.57. The number of aromatic amines is 1. The lowest BCUT2D eigenvalue weighted by Gasteiger charge is -2.27. The maximum Gasteiger partial charge on any atom is 0.127 e. The maximum atomic E-state index is 6.36. The molecule has 2 aromatic carbocycles. The molecule has 1 aliphatic heterocycles. The number of benzene rings is 2. The molecule has 25 heavy (non-hydrogen) atoms. The Bertz CT molecular complexity index is 974. The normalized spacial score (nSPS) is 16.9. The van der Waals surface area contributed by atoms with Gasteiger partial charge in [-0.2, -0.15) is 0 Å². The van der Waals surface area contributed by atoms with Crippen LogP contribution in [0.3, 0.4) is 0 Å². The summed E-state index contributed by atoms with van der Waals surface area (Å²) in [6.07, 6.45) is 1.03. The first-order chi connectivity index (χ1) is 12.0. The minimum atomic E-state index is 0.0585. The van der Waals surface area contributed by atoms with Crippen molar-refractivity contribution in [3.63, 3.8) is 0 Å². The first kappa shape index (κ1) is 16.5. The fourth-order valence-electron chi connectivity index (χ4n) is 4.29. The van der Waals surface area contributed by atoms with E-state index in [-0.39, 0.29) is 6.04 Å². The average Bonchev–Trinajstić information content (AvgIpc) is 2.92. The quantitative estimate of drug-likeness (QED) is 0.680. The third-order valence-corrected chi connectivity index (χ3v) is 5.39. The van der Waals surface area contributed by atoms with Gasteiger partial charge in [0.15, 0.2) is 0 Å². The van der Waals surface area contributed by atoms with Crippen LogP contribution in [0.1, 0.15) is 39.6 Å². The van der Waals surface area contributed by atoms with Gasteiger partial charge in [-0.05, 0) is 67.6 Å². The molecule has 1 unspecified atom stereocenters. The number of aryl methyl sites for hydroxylation is 3. The van der Waals surface area contributed by atoms with Crippen LogP contribution in [0.15, 0.2) is 24.3 Å². The van der Waals surface area contributed by atoms with Gasteiger partial charge in [0.05, 0.1) is 13.2 Å². The second-order valence-electron chi connectivity index (χ2n) is 7.00. The molecular formula is C21H23ClN2O. The van der Waals surface area contributed by atoms with Gasteiger partial charge >= 0.3 is 0 Å². The van der Waals surface area contributed by atoms with Crippen molar-refractivity contribution in [2.75, 3.05) is 13.7 Å². The number of nitrogens with one attached hydrogen (secondary N) is 2. The lowest BCUT2D eigenvalue weighted by Crippen LogP contribution is -2.30. The average molecular weight is 355 g/mol. The molecule has 0 spiro atoms. The van der Waals surface area contributed by atoms with Gasteiger partial charge in [-0.3, -0.25) is 0 Å². The van der Waals surface area contributed by atoms with E-state index in [1.54, 1.807) is 7.11 Å². The summed E-state index contributed by atoms with van der Waals surface area (Å²) in [5.74, 6) is 0.904. The van der Waals surface area contributed by atoms with Crippen LogP contribution >= 0.6 is 11.6 Å². The third kappa shape index (κ3) is 2.62. The summed E-state index contributed by atoms with van der Waals surface area (Å²) in [4.78, 5) is 3.68. The van der Waals surface area contributed by atoms with Crippen molar-refractivity contribution in [2.45, 2.75) is 33.2 Å². The fraction of sp³-hybridized carbons (Fsp3) is 0.333. The molecule has 1 atom stereocenters. The van der Waals surface area contributed by atoms with Crippen LogP contribution in [-0.4, -0.2) is 18.6 Å². The van der Waals surface area contributed by atoms with Gasteiger partial charge in [-0.25, -0.2) is 0 Å². The van der Waals surface area contributed by atoms with E-state index in [1.165, 1.54) is 33.3 Å². The SMILES string of the molecule is COc1c(C)cc(Cl)cc1C1NCCc2c1[nH]c1cc(C)cc(C)c21. The first-order valence-corrected chi connectivity index (χ1v) is 9.06. The molecular weight excluding hydrogens is 332 g/mol. The number of methoxy groups -OCH3 is 1. The molecule has 3 nitrogen and oxygen atoms in total. The number of H-pyrrole nitrogens is 1. The Morgan fingerprint density at radius 1 is 1.08 bits per heavy atom. The molecule has 2 heterocycles. The van der Waals surface area contributed by atoms with E-state index in [0.29, 0.717) is 0 Å². The topological polar surface area (TPSA) is 37.0 Å². The van der Waals surface area contributed by atoms with Crippen molar-refractivity contribution in [1.29, 1.82) is 0 Å². The Morgan fingerprint density at radius 2 is 1.88 bits per heavy atom. The number of halogens is 1. The molecule has 0 aliphatic carbocycles. The molecule has 0 saturated carbocycles. The van der Waals surface area contributed by atoms with Crippen LogP contribution in [0.2, 0.25) is 5.02 Å². The minimum absolute atomic E-state index is 0.0585. The smallest absolute Gasteiger partial charge is 0.127 e. The molecule has 0 amide bonds. The summed E-state index contributed by atoms with van der Waals surface area (Å²) in [6, 6.07) is 8.52. The van der Waals surface area contributed by atoms with Gasteiger partial charge in [0.1, 0.15) is 5.75 Å².